The van der Waals surface area contributed by atoms with Crippen molar-refractivity contribution >= 4 is 21.4 Å². The van der Waals surface area contributed by atoms with E-state index >= 15 is 0 Å². The number of hydrogen-bond acceptors (Lipinski definition) is 3. The molecule has 0 spiro atoms. The third-order valence-corrected chi connectivity index (χ3v) is 5.86. The molecule has 1 N–H and O–H groups in total. The molecular formula is C14H19ClFNO2S. The lowest BCUT2D eigenvalue weighted by molar-refractivity contribution is 0.420. The molecule has 0 aromatic heterocycles. The molecule has 0 amide bonds. The van der Waals surface area contributed by atoms with Gasteiger partial charge in [0.05, 0.1) is 11.5 Å². The predicted octanol–water partition coefficient (Wildman–Crippen LogP) is 2.95. The number of halogens is 2. The van der Waals surface area contributed by atoms with Crippen LogP contribution in [0.4, 0.5) is 4.39 Å². The fraction of sp³-hybridized carbons (Fsp3) is 0.571. The van der Waals surface area contributed by atoms with Crippen LogP contribution < -0.4 is 5.32 Å². The van der Waals surface area contributed by atoms with Crippen LogP contribution in [0.1, 0.15) is 31.4 Å². The summed E-state index contributed by atoms with van der Waals surface area (Å²) in [5.74, 6) is 0.268. The fourth-order valence-corrected chi connectivity index (χ4v) is 4.87. The van der Waals surface area contributed by atoms with Crippen molar-refractivity contribution in [1.29, 1.82) is 0 Å². The zero-order valence-corrected chi connectivity index (χ0v) is 13.0. The van der Waals surface area contributed by atoms with E-state index in [9.17, 15) is 12.8 Å². The Balaban J connectivity index is 2.17. The SMILES string of the molecule is CCNC(CC1CCS(=O)(=O)C1)c1cc(F)ccc1Cl. The Morgan fingerprint density at radius 2 is 2.25 bits per heavy atom. The van der Waals surface area contributed by atoms with Crippen molar-refractivity contribution in [3.63, 3.8) is 0 Å². The second-order valence-corrected chi connectivity index (χ2v) is 7.92. The van der Waals surface area contributed by atoms with E-state index in [4.69, 9.17) is 11.6 Å². The minimum absolute atomic E-state index is 0.110. The van der Waals surface area contributed by atoms with Crippen LogP contribution in [-0.2, 0) is 9.84 Å². The standard InChI is InChI=1S/C14H19ClFNO2S/c1-2-17-14(7-10-5-6-20(18,19)9-10)12-8-11(16)3-4-13(12)15/h3-4,8,10,14,17H,2,5-7,9H2,1H3. The number of rotatable bonds is 5. The summed E-state index contributed by atoms with van der Waals surface area (Å²) in [7, 11) is -2.89. The van der Waals surface area contributed by atoms with E-state index in [1.165, 1.54) is 12.1 Å². The first-order valence-electron chi connectivity index (χ1n) is 6.80. The molecule has 1 aliphatic heterocycles. The first kappa shape index (κ1) is 15.7. The Kier molecular flexibility index (Phi) is 5.04. The van der Waals surface area contributed by atoms with Crippen LogP contribution in [0, 0.1) is 11.7 Å². The van der Waals surface area contributed by atoms with Gasteiger partial charge in [-0.25, -0.2) is 12.8 Å². The third-order valence-electron chi connectivity index (χ3n) is 3.68. The lowest BCUT2D eigenvalue weighted by Crippen LogP contribution is -2.24. The zero-order chi connectivity index (χ0) is 14.8. The van der Waals surface area contributed by atoms with Gasteiger partial charge in [0.1, 0.15) is 5.82 Å². The van der Waals surface area contributed by atoms with Crippen molar-refractivity contribution in [3.8, 4) is 0 Å². The molecule has 1 fully saturated rings. The maximum Gasteiger partial charge on any atom is 0.150 e. The highest BCUT2D eigenvalue weighted by molar-refractivity contribution is 7.91. The van der Waals surface area contributed by atoms with Crippen LogP contribution in [0.25, 0.3) is 0 Å². The molecule has 2 rings (SSSR count). The van der Waals surface area contributed by atoms with Crippen molar-refractivity contribution in [1.82, 2.24) is 5.32 Å². The number of nitrogens with one attached hydrogen (secondary N) is 1. The van der Waals surface area contributed by atoms with E-state index in [-0.39, 0.29) is 29.3 Å². The molecule has 1 heterocycles. The summed E-state index contributed by atoms with van der Waals surface area (Å²) < 4.78 is 36.5. The largest absolute Gasteiger partial charge is 0.310 e. The Labute approximate surface area is 124 Å². The van der Waals surface area contributed by atoms with Crippen LogP contribution in [0.3, 0.4) is 0 Å². The summed E-state index contributed by atoms with van der Waals surface area (Å²) in [6, 6.07) is 4.19. The molecule has 0 aliphatic carbocycles. The minimum Gasteiger partial charge on any atom is -0.310 e. The summed E-state index contributed by atoms with van der Waals surface area (Å²) in [6.07, 6.45) is 1.34. The van der Waals surface area contributed by atoms with Gasteiger partial charge in [0.2, 0.25) is 0 Å². The van der Waals surface area contributed by atoms with Gasteiger partial charge in [-0.3, -0.25) is 0 Å². The highest BCUT2D eigenvalue weighted by Crippen LogP contribution is 2.32. The molecule has 2 atom stereocenters. The van der Waals surface area contributed by atoms with Gasteiger partial charge in [-0.15, -0.1) is 0 Å². The first-order valence-corrected chi connectivity index (χ1v) is 9.00. The summed E-state index contributed by atoms with van der Waals surface area (Å²) >= 11 is 6.14. The second-order valence-electron chi connectivity index (χ2n) is 5.28. The molecule has 6 heteroatoms. The molecule has 0 radical (unpaired) electrons. The van der Waals surface area contributed by atoms with Gasteiger partial charge in [0, 0.05) is 11.1 Å². The summed E-state index contributed by atoms with van der Waals surface area (Å²) in [6.45, 7) is 2.68. The molecule has 1 aliphatic rings. The van der Waals surface area contributed by atoms with Gasteiger partial charge in [-0.05, 0) is 49.1 Å². The van der Waals surface area contributed by atoms with E-state index in [0.717, 1.165) is 6.54 Å². The van der Waals surface area contributed by atoms with Crippen LogP contribution in [0.15, 0.2) is 18.2 Å². The number of sulfone groups is 1. The smallest absolute Gasteiger partial charge is 0.150 e. The molecule has 1 aromatic rings. The molecular weight excluding hydrogens is 301 g/mol. The van der Waals surface area contributed by atoms with Crippen LogP contribution in [-0.4, -0.2) is 26.5 Å². The lowest BCUT2D eigenvalue weighted by atomic mass is 9.94. The van der Waals surface area contributed by atoms with E-state index in [1.807, 2.05) is 6.92 Å². The first-order chi connectivity index (χ1) is 9.41. The highest BCUT2D eigenvalue weighted by Gasteiger charge is 2.30. The predicted molar refractivity (Wildman–Crippen MR) is 79.2 cm³/mol. The van der Waals surface area contributed by atoms with Gasteiger partial charge in [-0.2, -0.15) is 0 Å². The minimum atomic E-state index is -2.89. The Morgan fingerprint density at radius 3 is 2.85 bits per heavy atom. The molecule has 3 nitrogen and oxygen atoms in total. The van der Waals surface area contributed by atoms with Gasteiger partial charge in [0.25, 0.3) is 0 Å². The monoisotopic (exact) mass is 319 g/mol. The van der Waals surface area contributed by atoms with Gasteiger partial charge in [-0.1, -0.05) is 18.5 Å². The number of hydrogen-bond donors (Lipinski definition) is 1. The van der Waals surface area contributed by atoms with Crippen molar-refractivity contribution in [2.45, 2.75) is 25.8 Å². The van der Waals surface area contributed by atoms with Crippen molar-refractivity contribution in [2.75, 3.05) is 18.1 Å². The van der Waals surface area contributed by atoms with Crippen LogP contribution in [0.5, 0.6) is 0 Å². The maximum absolute atomic E-state index is 13.4. The van der Waals surface area contributed by atoms with E-state index in [0.29, 0.717) is 23.4 Å². The van der Waals surface area contributed by atoms with Crippen molar-refractivity contribution in [2.24, 2.45) is 5.92 Å². The number of benzene rings is 1. The zero-order valence-electron chi connectivity index (χ0n) is 11.4. The van der Waals surface area contributed by atoms with E-state index in [2.05, 4.69) is 5.32 Å². The molecule has 20 heavy (non-hydrogen) atoms. The Hall–Kier alpha value is -0.650. The highest BCUT2D eigenvalue weighted by atomic mass is 35.5. The molecule has 112 valence electrons. The lowest BCUT2D eigenvalue weighted by Gasteiger charge is -2.22. The van der Waals surface area contributed by atoms with Gasteiger partial charge < -0.3 is 5.32 Å². The molecule has 0 bridgehead atoms. The third kappa shape index (κ3) is 3.93. The Morgan fingerprint density at radius 1 is 1.50 bits per heavy atom. The van der Waals surface area contributed by atoms with Gasteiger partial charge >= 0.3 is 0 Å². The van der Waals surface area contributed by atoms with E-state index < -0.39 is 9.84 Å². The quantitative estimate of drug-likeness (QED) is 0.907. The molecule has 2 unspecified atom stereocenters. The molecule has 1 saturated heterocycles. The van der Waals surface area contributed by atoms with Crippen molar-refractivity contribution < 1.29 is 12.8 Å². The molecule has 0 saturated carbocycles. The maximum atomic E-state index is 13.4. The Bertz CT molecular complexity index is 577. The summed E-state index contributed by atoms with van der Waals surface area (Å²) in [4.78, 5) is 0. The molecule has 1 aromatic carbocycles. The summed E-state index contributed by atoms with van der Waals surface area (Å²) in [5, 5.41) is 3.79. The van der Waals surface area contributed by atoms with E-state index in [1.54, 1.807) is 6.07 Å². The van der Waals surface area contributed by atoms with Crippen LogP contribution >= 0.6 is 11.6 Å². The average molecular weight is 320 g/mol. The topological polar surface area (TPSA) is 46.2 Å². The fourth-order valence-electron chi connectivity index (χ4n) is 2.74. The van der Waals surface area contributed by atoms with Crippen molar-refractivity contribution in [3.05, 3.63) is 34.6 Å². The average Bonchev–Trinajstić information content (AvgIpc) is 2.71. The summed E-state index contributed by atoms with van der Waals surface area (Å²) in [5.41, 5.74) is 0.706. The van der Waals surface area contributed by atoms with Gasteiger partial charge in [0.15, 0.2) is 9.84 Å². The second kappa shape index (κ2) is 6.41. The van der Waals surface area contributed by atoms with Crippen LogP contribution in [0.2, 0.25) is 5.02 Å². The normalized spacial score (nSPS) is 22.9.